The molecule has 1 nitrogen and oxygen atoms in total. The van der Waals surface area contributed by atoms with E-state index in [0.717, 1.165) is 6.54 Å². The Balaban J connectivity index is 2.99. The van der Waals surface area contributed by atoms with Gasteiger partial charge >= 0.3 is 0 Å². The molecule has 200 valence electrons. The molecule has 0 aliphatic carbocycles. The summed E-state index contributed by atoms with van der Waals surface area (Å²) in [5.41, 5.74) is 5.54. The van der Waals surface area contributed by atoms with Crippen LogP contribution in [0.3, 0.4) is 0 Å². The third-order valence-electron chi connectivity index (χ3n) is 7.56. The van der Waals surface area contributed by atoms with Crippen molar-refractivity contribution in [2.75, 3.05) is 6.54 Å². The van der Waals surface area contributed by atoms with Gasteiger partial charge in [0, 0.05) is 0 Å². The van der Waals surface area contributed by atoms with Gasteiger partial charge in [-0.25, -0.2) is 0 Å². The van der Waals surface area contributed by atoms with Crippen molar-refractivity contribution < 1.29 is 0 Å². The van der Waals surface area contributed by atoms with Crippen molar-refractivity contribution in [1.29, 1.82) is 0 Å². The van der Waals surface area contributed by atoms with Crippen LogP contribution in [0.2, 0.25) is 0 Å². The van der Waals surface area contributed by atoms with E-state index in [0.29, 0.717) is 0 Å². The molecule has 0 fully saturated rings. The van der Waals surface area contributed by atoms with Gasteiger partial charge in [-0.05, 0) is 13.0 Å². The highest BCUT2D eigenvalue weighted by molar-refractivity contribution is 4.52. The maximum absolute atomic E-state index is 5.54. The van der Waals surface area contributed by atoms with Crippen LogP contribution >= 0.6 is 0 Å². The van der Waals surface area contributed by atoms with Crippen molar-refractivity contribution in [2.45, 2.75) is 200 Å². The van der Waals surface area contributed by atoms with Crippen LogP contribution in [0.4, 0.5) is 0 Å². The second-order valence-corrected chi connectivity index (χ2v) is 11.0. The van der Waals surface area contributed by atoms with Gasteiger partial charge < -0.3 is 5.73 Å². The fourth-order valence-corrected chi connectivity index (χ4v) is 5.17. The van der Waals surface area contributed by atoms with Crippen LogP contribution in [0.1, 0.15) is 200 Å². The Hall–Kier alpha value is -0.0400. The summed E-state index contributed by atoms with van der Waals surface area (Å²) in [4.78, 5) is 0. The Morgan fingerprint density at radius 3 is 0.545 bits per heavy atom. The van der Waals surface area contributed by atoms with E-state index in [2.05, 4.69) is 6.92 Å². The minimum atomic E-state index is 0.875. The van der Waals surface area contributed by atoms with Crippen LogP contribution in [0.5, 0.6) is 0 Å². The highest BCUT2D eigenvalue weighted by Crippen LogP contribution is 2.16. The Morgan fingerprint density at radius 1 is 0.242 bits per heavy atom. The van der Waals surface area contributed by atoms with Gasteiger partial charge in [-0.3, -0.25) is 0 Å². The van der Waals surface area contributed by atoms with Gasteiger partial charge in [0.15, 0.2) is 0 Å². The lowest BCUT2D eigenvalue weighted by atomic mass is 10.0. The molecule has 2 N–H and O–H groups in total. The van der Waals surface area contributed by atoms with Gasteiger partial charge in [-0.2, -0.15) is 0 Å². The van der Waals surface area contributed by atoms with E-state index in [-0.39, 0.29) is 0 Å². The van der Waals surface area contributed by atoms with E-state index in [1.165, 1.54) is 193 Å². The number of nitrogens with two attached hydrogens (primary N) is 1. The van der Waals surface area contributed by atoms with Crippen molar-refractivity contribution in [3.63, 3.8) is 0 Å². The van der Waals surface area contributed by atoms with Crippen LogP contribution < -0.4 is 5.73 Å². The Bertz CT molecular complexity index is 284. The van der Waals surface area contributed by atoms with Crippen LogP contribution in [0.25, 0.3) is 0 Å². The summed E-state index contributed by atoms with van der Waals surface area (Å²) in [7, 11) is 0. The van der Waals surface area contributed by atoms with Gasteiger partial charge in [0.05, 0.1) is 0 Å². The maximum atomic E-state index is 5.54. The summed E-state index contributed by atoms with van der Waals surface area (Å²) < 4.78 is 0. The zero-order valence-electron chi connectivity index (χ0n) is 23.5. The number of hydrogen-bond donors (Lipinski definition) is 1. The molecule has 0 rings (SSSR count). The summed E-state index contributed by atoms with van der Waals surface area (Å²) in [5, 5.41) is 0. The fraction of sp³-hybridized carbons (Fsp3) is 1.00. The van der Waals surface area contributed by atoms with Crippen LogP contribution in [0.15, 0.2) is 0 Å². The zero-order valence-corrected chi connectivity index (χ0v) is 23.5. The van der Waals surface area contributed by atoms with E-state index in [1.54, 1.807) is 0 Å². The normalized spacial score (nSPS) is 11.5. The van der Waals surface area contributed by atoms with Gasteiger partial charge in [0.25, 0.3) is 0 Å². The monoisotopic (exact) mass is 466 g/mol. The third kappa shape index (κ3) is 32.0. The number of unbranched alkanes of at least 4 members (excludes halogenated alkanes) is 29. The van der Waals surface area contributed by atoms with E-state index in [9.17, 15) is 0 Å². The highest BCUT2D eigenvalue weighted by atomic mass is 14.5. The van der Waals surface area contributed by atoms with Crippen LogP contribution in [-0.4, -0.2) is 6.54 Å². The molecule has 0 aromatic heterocycles. The molecule has 1 heteroatoms. The van der Waals surface area contributed by atoms with Crippen molar-refractivity contribution in [2.24, 2.45) is 5.73 Å². The molecule has 0 radical (unpaired) electrons. The molecule has 0 bridgehead atoms. The van der Waals surface area contributed by atoms with Crippen molar-refractivity contribution in [1.82, 2.24) is 0 Å². The average Bonchev–Trinajstić information content (AvgIpc) is 2.83. The first kappa shape index (κ1) is 33.0. The summed E-state index contributed by atoms with van der Waals surface area (Å²) in [6.45, 7) is 3.18. The molecule has 0 atom stereocenters. The third-order valence-corrected chi connectivity index (χ3v) is 7.56. The van der Waals surface area contributed by atoms with Crippen molar-refractivity contribution in [3.05, 3.63) is 0 Å². The van der Waals surface area contributed by atoms with Gasteiger partial charge in [0.2, 0.25) is 0 Å². The van der Waals surface area contributed by atoms with Crippen molar-refractivity contribution >= 4 is 0 Å². The highest BCUT2D eigenvalue weighted by Gasteiger charge is 1.96. The quantitative estimate of drug-likeness (QED) is 0.105. The largest absolute Gasteiger partial charge is 0.330 e. The topological polar surface area (TPSA) is 26.0 Å². The predicted molar refractivity (Wildman–Crippen MR) is 153 cm³/mol. The number of rotatable bonds is 30. The first-order chi connectivity index (χ1) is 16.4. The first-order valence-corrected chi connectivity index (χ1v) is 16.1. The predicted octanol–water partition coefficient (Wildman–Crippen LogP) is 11.7. The molecule has 0 heterocycles. The SMILES string of the molecule is CCCCCCCCCCCCCCCCCCCCCCCCCCCCCCCCN. The Labute approximate surface area is 211 Å². The van der Waals surface area contributed by atoms with Gasteiger partial charge in [0.1, 0.15) is 0 Å². The molecule has 33 heavy (non-hydrogen) atoms. The first-order valence-electron chi connectivity index (χ1n) is 16.1. The lowest BCUT2D eigenvalue weighted by Gasteiger charge is -2.04. The molecule has 0 unspecified atom stereocenters. The summed E-state index contributed by atoms with van der Waals surface area (Å²) >= 11 is 0. The standard InChI is InChI=1S/C32H67N/c1-2-3-4-5-6-7-8-9-10-11-12-13-14-15-16-17-18-19-20-21-22-23-24-25-26-27-28-29-30-31-32-33/h2-33H2,1H3. The maximum Gasteiger partial charge on any atom is -0.00773 e. The molecule has 0 amide bonds. The molecule has 0 saturated carbocycles. The van der Waals surface area contributed by atoms with E-state index >= 15 is 0 Å². The summed E-state index contributed by atoms with van der Waals surface area (Å²) in [6, 6.07) is 0. The van der Waals surface area contributed by atoms with E-state index in [4.69, 9.17) is 5.73 Å². The minimum Gasteiger partial charge on any atom is -0.330 e. The molecule has 0 aromatic rings. The molecule has 0 aliphatic heterocycles. The molecule has 0 aromatic carbocycles. The second-order valence-electron chi connectivity index (χ2n) is 11.0. The molecule has 0 spiro atoms. The smallest absolute Gasteiger partial charge is 0.00773 e. The lowest BCUT2D eigenvalue weighted by molar-refractivity contribution is 0.513. The van der Waals surface area contributed by atoms with Crippen molar-refractivity contribution in [3.8, 4) is 0 Å². The molecule has 0 aliphatic rings. The van der Waals surface area contributed by atoms with Gasteiger partial charge in [-0.1, -0.05) is 193 Å². The summed E-state index contributed by atoms with van der Waals surface area (Å²) in [5.74, 6) is 0. The average molecular weight is 466 g/mol. The lowest BCUT2D eigenvalue weighted by Crippen LogP contribution is -1.97. The fourth-order valence-electron chi connectivity index (χ4n) is 5.17. The van der Waals surface area contributed by atoms with E-state index in [1.807, 2.05) is 0 Å². The van der Waals surface area contributed by atoms with Crippen LogP contribution in [0, 0.1) is 0 Å². The molecular weight excluding hydrogens is 398 g/mol. The van der Waals surface area contributed by atoms with E-state index < -0.39 is 0 Å². The molecular formula is C32H67N. The van der Waals surface area contributed by atoms with Gasteiger partial charge in [-0.15, -0.1) is 0 Å². The number of hydrogen-bond acceptors (Lipinski definition) is 1. The second kappa shape index (κ2) is 32.0. The Kier molecular flexibility index (Phi) is 31.9. The minimum absolute atomic E-state index is 0.875. The molecule has 0 saturated heterocycles. The Morgan fingerprint density at radius 2 is 0.394 bits per heavy atom. The summed E-state index contributed by atoms with van der Waals surface area (Å²) in [6.07, 6.45) is 43.8. The van der Waals surface area contributed by atoms with Crippen LogP contribution in [-0.2, 0) is 0 Å². The zero-order chi connectivity index (χ0) is 23.9.